The van der Waals surface area contributed by atoms with Crippen LogP contribution in [0.3, 0.4) is 0 Å². The molecule has 5 heteroatoms. The molecule has 0 aliphatic carbocycles. The Labute approximate surface area is 118 Å². The summed E-state index contributed by atoms with van der Waals surface area (Å²) < 4.78 is 4.63. The van der Waals surface area contributed by atoms with Gasteiger partial charge in [0.25, 0.3) is 0 Å². The molecule has 0 aliphatic rings. The van der Waals surface area contributed by atoms with Crippen molar-refractivity contribution in [3.63, 3.8) is 0 Å². The summed E-state index contributed by atoms with van der Waals surface area (Å²) in [7, 11) is 1.40. The van der Waals surface area contributed by atoms with Gasteiger partial charge in [0.1, 0.15) is 0 Å². The van der Waals surface area contributed by atoms with E-state index in [4.69, 9.17) is 23.2 Å². The van der Waals surface area contributed by atoms with Crippen LogP contribution in [0, 0.1) is 0 Å². The highest BCUT2D eigenvalue weighted by Crippen LogP contribution is 2.23. The van der Waals surface area contributed by atoms with E-state index in [-0.39, 0.29) is 5.97 Å². The first kappa shape index (κ1) is 15.3. The van der Waals surface area contributed by atoms with Gasteiger partial charge in [0, 0.05) is 13.1 Å². The van der Waals surface area contributed by atoms with Crippen LogP contribution >= 0.6 is 23.2 Å². The number of methoxy groups -OCH3 is 1. The van der Waals surface area contributed by atoms with Crippen molar-refractivity contribution in [2.24, 2.45) is 0 Å². The van der Waals surface area contributed by atoms with Gasteiger partial charge in [-0.3, -0.25) is 9.69 Å². The lowest BCUT2D eigenvalue weighted by molar-refractivity contribution is -0.141. The number of halogens is 2. The predicted octanol–water partition coefficient (Wildman–Crippen LogP) is 3.38. The van der Waals surface area contributed by atoms with Crippen molar-refractivity contribution in [3.8, 4) is 0 Å². The molecule has 0 unspecified atom stereocenters. The second-order valence-electron chi connectivity index (χ2n) is 3.94. The van der Waals surface area contributed by atoms with Crippen molar-refractivity contribution in [1.29, 1.82) is 0 Å². The van der Waals surface area contributed by atoms with Crippen LogP contribution in [0.15, 0.2) is 18.2 Å². The minimum Gasteiger partial charge on any atom is -0.469 e. The van der Waals surface area contributed by atoms with Gasteiger partial charge in [0.2, 0.25) is 0 Å². The van der Waals surface area contributed by atoms with E-state index in [0.717, 1.165) is 18.7 Å². The van der Waals surface area contributed by atoms with E-state index in [0.29, 0.717) is 23.0 Å². The van der Waals surface area contributed by atoms with E-state index in [1.807, 2.05) is 12.1 Å². The molecule has 100 valence electrons. The lowest BCUT2D eigenvalue weighted by Gasteiger charge is -2.20. The van der Waals surface area contributed by atoms with Crippen molar-refractivity contribution >= 4 is 29.2 Å². The first-order chi connectivity index (χ1) is 8.56. The van der Waals surface area contributed by atoms with E-state index >= 15 is 0 Å². The Bertz CT molecular complexity index is 410. The fourth-order valence-corrected chi connectivity index (χ4v) is 1.92. The van der Waals surface area contributed by atoms with Crippen LogP contribution in [-0.4, -0.2) is 31.1 Å². The Morgan fingerprint density at radius 2 is 2.06 bits per heavy atom. The lowest BCUT2D eigenvalue weighted by Crippen LogP contribution is -2.26. The van der Waals surface area contributed by atoms with Crippen LogP contribution in [0.4, 0.5) is 0 Å². The van der Waals surface area contributed by atoms with E-state index in [1.54, 1.807) is 6.07 Å². The summed E-state index contributed by atoms with van der Waals surface area (Å²) in [5.74, 6) is -0.192. The standard InChI is InChI=1S/C13H17Cl2NO2/c1-3-16(7-6-13(17)18-2)9-10-4-5-11(14)12(15)8-10/h4-5,8H,3,6-7,9H2,1-2H3. The molecule has 0 heterocycles. The molecular formula is C13H17Cl2NO2. The Hall–Kier alpha value is -0.770. The molecule has 0 atom stereocenters. The van der Waals surface area contributed by atoms with Gasteiger partial charge in [-0.2, -0.15) is 0 Å². The van der Waals surface area contributed by atoms with Crippen molar-refractivity contribution in [2.75, 3.05) is 20.2 Å². The van der Waals surface area contributed by atoms with E-state index in [9.17, 15) is 4.79 Å². The predicted molar refractivity (Wildman–Crippen MR) is 74.0 cm³/mol. The van der Waals surface area contributed by atoms with E-state index < -0.39 is 0 Å². The second kappa shape index (κ2) is 7.62. The number of nitrogens with zero attached hydrogens (tertiary/aromatic N) is 1. The second-order valence-corrected chi connectivity index (χ2v) is 4.76. The van der Waals surface area contributed by atoms with Gasteiger partial charge in [-0.1, -0.05) is 36.2 Å². The van der Waals surface area contributed by atoms with Gasteiger partial charge in [-0.25, -0.2) is 0 Å². The van der Waals surface area contributed by atoms with Crippen LogP contribution in [0.1, 0.15) is 18.9 Å². The van der Waals surface area contributed by atoms with Gasteiger partial charge in [-0.05, 0) is 24.2 Å². The fourth-order valence-electron chi connectivity index (χ4n) is 1.60. The van der Waals surface area contributed by atoms with Crippen molar-refractivity contribution in [2.45, 2.75) is 19.9 Å². The average molecular weight is 290 g/mol. The molecule has 0 radical (unpaired) electrons. The molecule has 3 nitrogen and oxygen atoms in total. The number of hydrogen-bond donors (Lipinski definition) is 0. The molecule has 0 saturated carbocycles. The van der Waals surface area contributed by atoms with Gasteiger partial charge >= 0.3 is 5.97 Å². The summed E-state index contributed by atoms with van der Waals surface area (Å²) >= 11 is 11.8. The first-order valence-electron chi connectivity index (χ1n) is 5.80. The van der Waals surface area contributed by atoms with E-state index in [2.05, 4.69) is 16.6 Å². The zero-order valence-electron chi connectivity index (χ0n) is 10.6. The summed E-state index contributed by atoms with van der Waals surface area (Å²) in [4.78, 5) is 13.2. The molecule has 18 heavy (non-hydrogen) atoms. The minimum absolute atomic E-state index is 0.192. The smallest absolute Gasteiger partial charge is 0.306 e. The molecule has 0 N–H and O–H groups in total. The number of hydrogen-bond acceptors (Lipinski definition) is 3. The van der Waals surface area contributed by atoms with Crippen molar-refractivity contribution < 1.29 is 9.53 Å². The summed E-state index contributed by atoms with van der Waals surface area (Å²) in [6.45, 7) is 4.32. The number of rotatable bonds is 6. The van der Waals surface area contributed by atoms with E-state index in [1.165, 1.54) is 7.11 Å². The van der Waals surface area contributed by atoms with Gasteiger partial charge in [0.05, 0.1) is 23.6 Å². The normalized spacial score (nSPS) is 10.7. The highest BCUT2D eigenvalue weighted by Gasteiger charge is 2.08. The van der Waals surface area contributed by atoms with Crippen LogP contribution < -0.4 is 0 Å². The Morgan fingerprint density at radius 1 is 1.33 bits per heavy atom. The SMILES string of the molecule is CCN(CCC(=O)OC)Cc1ccc(Cl)c(Cl)c1. The molecule has 1 aromatic rings. The van der Waals surface area contributed by atoms with Gasteiger partial charge in [0.15, 0.2) is 0 Å². The largest absolute Gasteiger partial charge is 0.469 e. The maximum atomic E-state index is 11.1. The fraction of sp³-hybridized carbons (Fsp3) is 0.462. The highest BCUT2D eigenvalue weighted by molar-refractivity contribution is 6.42. The zero-order chi connectivity index (χ0) is 13.5. The molecule has 0 fully saturated rings. The topological polar surface area (TPSA) is 29.5 Å². The van der Waals surface area contributed by atoms with Crippen molar-refractivity contribution in [1.82, 2.24) is 4.90 Å². The number of carbonyl (C=O) groups excluding carboxylic acids is 1. The third-order valence-corrected chi connectivity index (χ3v) is 3.44. The summed E-state index contributed by atoms with van der Waals surface area (Å²) in [5, 5.41) is 1.11. The molecule has 1 rings (SSSR count). The highest BCUT2D eigenvalue weighted by atomic mass is 35.5. The lowest BCUT2D eigenvalue weighted by atomic mass is 10.2. The molecular weight excluding hydrogens is 273 g/mol. The summed E-state index contributed by atoms with van der Waals surface area (Å²) in [6.07, 6.45) is 0.395. The molecule has 0 aromatic heterocycles. The molecule has 0 saturated heterocycles. The summed E-state index contributed by atoms with van der Waals surface area (Å²) in [5.41, 5.74) is 1.08. The van der Waals surface area contributed by atoms with Crippen molar-refractivity contribution in [3.05, 3.63) is 33.8 Å². The van der Waals surface area contributed by atoms with Crippen LogP contribution in [-0.2, 0) is 16.1 Å². The number of carbonyl (C=O) groups is 1. The van der Waals surface area contributed by atoms with Gasteiger partial charge in [-0.15, -0.1) is 0 Å². The number of ether oxygens (including phenoxy) is 1. The third kappa shape index (κ3) is 4.84. The third-order valence-electron chi connectivity index (χ3n) is 2.70. The molecule has 0 bridgehead atoms. The Kier molecular flexibility index (Phi) is 6.47. The first-order valence-corrected chi connectivity index (χ1v) is 6.55. The quantitative estimate of drug-likeness (QED) is 0.752. The number of esters is 1. The molecule has 0 spiro atoms. The zero-order valence-corrected chi connectivity index (χ0v) is 12.1. The summed E-state index contributed by atoms with van der Waals surface area (Å²) in [6, 6.07) is 5.58. The minimum atomic E-state index is -0.192. The number of benzene rings is 1. The average Bonchev–Trinajstić information content (AvgIpc) is 2.38. The van der Waals surface area contributed by atoms with Crippen LogP contribution in [0.5, 0.6) is 0 Å². The maximum absolute atomic E-state index is 11.1. The van der Waals surface area contributed by atoms with Crippen LogP contribution in [0.25, 0.3) is 0 Å². The molecule has 0 aliphatic heterocycles. The maximum Gasteiger partial charge on any atom is 0.306 e. The van der Waals surface area contributed by atoms with Crippen LogP contribution in [0.2, 0.25) is 10.0 Å². The Balaban J connectivity index is 2.56. The molecule has 1 aromatic carbocycles. The monoisotopic (exact) mass is 289 g/mol. The Morgan fingerprint density at radius 3 is 2.61 bits per heavy atom. The molecule has 0 amide bonds. The van der Waals surface area contributed by atoms with Gasteiger partial charge < -0.3 is 4.74 Å².